The number of thioether (sulfide) groups is 1. The highest BCUT2D eigenvalue weighted by molar-refractivity contribution is 7.99. The number of nitrogens with one attached hydrogen (secondary N) is 3. The predicted octanol–water partition coefficient (Wildman–Crippen LogP) is 2.40. The number of nitrogens with zero attached hydrogens (tertiary/aromatic N) is 1. The second-order valence-electron chi connectivity index (χ2n) is 12.8. The average molecular weight is 695 g/mol. The van der Waals surface area contributed by atoms with Gasteiger partial charge < -0.3 is 26.0 Å². The largest absolute Gasteiger partial charge is 0.381 e. The van der Waals surface area contributed by atoms with Crippen molar-refractivity contribution in [2.24, 2.45) is 0 Å². The van der Waals surface area contributed by atoms with E-state index in [2.05, 4.69) is 16.0 Å². The number of carbonyl (C=O) groups excluding carboxylic acids is 4. The maximum absolute atomic E-state index is 13.8. The van der Waals surface area contributed by atoms with Gasteiger partial charge in [-0.15, -0.1) is 11.8 Å². The Morgan fingerprint density at radius 3 is 2.15 bits per heavy atom. The molecule has 1 fully saturated rings. The summed E-state index contributed by atoms with van der Waals surface area (Å²) in [5.74, 6) is -2.90. The molecule has 1 aliphatic rings. The molecular weight excluding hydrogens is 653 g/mol. The smallest absolute Gasteiger partial charge is 0.254 e. The summed E-state index contributed by atoms with van der Waals surface area (Å²) in [7, 11) is -3.80. The van der Waals surface area contributed by atoms with Crippen molar-refractivity contribution in [3.63, 3.8) is 0 Å². The second-order valence-corrected chi connectivity index (χ2v) is 16.0. The monoisotopic (exact) mass is 694 g/mol. The third-order valence-electron chi connectivity index (χ3n) is 7.57. The van der Waals surface area contributed by atoms with Crippen LogP contribution in [0.15, 0.2) is 84.9 Å². The molecule has 0 bridgehead atoms. The molecule has 1 aliphatic heterocycles. The topological polar surface area (TPSA) is 162 Å². The number of carbonyl (C=O) groups is 4. The first-order chi connectivity index (χ1) is 22.6. The number of aliphatic hydroxyl groups is 1. The van der Waals surface area contributed by atoms with E-state index >= 15 is 0 Å². The molecule has 0 radical (unpaired) electrons. The van der Waals surface area contributed by atoms with E-state index in [0.29, 0.717) is 16.9 Å². The van der Waals surface area contributed by atoms with Gasteiger partial charge in [-0.2, -0.15) is 0 Å². The first-order valence-corrected chi connectivity index (χ1v) is 18.7. The Balaban J connectivity index is 1.60. The van der Waals surface area contributed by atoms with E-state index in [4.69, 9.17) is 0 Å². The minimum Gasteiger partial charge on any atom is -0.381 e. The number of sulfone groups is 1. The number of hydrogen-bond donors (Lipinski definition) is 4. The minimum absolute atomic E-state index is 0.00963. The van der Waals surface area contributed by atoms with Crippen molar-refractivity contribution in [2.45, 2.75) is 57.0 Å². The molecule has 0 spiro atoms. The number of rotatable bonds is 12. The summed E-state index contributed by atoms with van der Waals surface area (Å²) >= 11 is 1.37. The summed E-state index contributed by atoms with van der Waals surface area (Å²) in [6, 6.07) is 21.2. The van der Waals surface area contributed by atoms with Gasteiger partial charge in [0, 0.05) is 23.1 Å². The molecule has 3 aromatic rings. The molecule has 1 heterocycles. The van der Waals surface area contributed by atoms with Crippen LogP contribution in [0, 0.1) is 0 Å². The summed E-state index contributed by atoms with van der Waals surface area (Å²) < 4.78 is 24.9. The van der Waals surface area contributed by atoms with Gasteiger partial charge in [0.1, 0.15) is 21.9 Å². The van der Waals surface area contributed by atoms with Crippen LogP contribution in [0.2, 0.25) is 0 Å². The van der Waals surface area contributed by atoms with Gasteiger partial charge in [-0.3, -0.25) is 19.2 Å². The van der Waals surface area contributed by atoms with Gasteiger partial charge in [-0.25, -0.2) is 8.42 Å². The van der Waals surface area contributed by atoms with Gasteiger partial charge in [0.05, 0.1) is 17.7 Å². The van der Waals surface area contributed by atoms with Crippen LogP contribution in [0.1, 0.15) is 36.7 Å². The fourth-order valence-corrected chi connectivity index (χ4v) is 7.34. The first kappa shape index (κ1) is 36.6. The Labute approximate surface area is 285 Å². The van der Waals surface area contributed by atoms with Crippen molar-refractivity contribution in [1.82, 2.24) is 20.9 Å². The van der Waals surface area contributed by atoms with Crippen molar-refractivity contribution in [2.75, 3.05) is 23.6 Å². The predicted molar refractivity (Wildman–Crippen MR) is 187 cm³/mol. The zero-order valence-electron chi connectivity index (χ0n) is 27.4. The van der Waals surface area contributed by atoms with Gasteiger partial charge in [0.15, 0.2) is 6.10 Å². The maximum Gasteiger partial charge on any atom is 0.254 e. The molecule has 4 amide bonds. The lowest BCUT2D eigenvalue weighted by molar-refractivity contribution is -0.147. The summed E-state index contributed by atoms with van der Waals surface area (Å²) in [5.41, 5.74) is 1.73. The SMILES string of the molecule is CC(C)(C)NC(=O)[C@@H]1CSCN1C(=O)[C@@H](O)[C@H](Cc1ccccc1)NC(=O)[C@H](CS(C)(=O)=O)NC(=O)c1ccccc1-c1ccccc1. The Morgan fingerprint density at radius 2 is 1.52 bits per heavy atom. The van der Waals surface area contributed by atoms with Crippen LogP contribution in [-0.4, -0.2) is 95.5 Å². The number of aliphatic hydroxyl groups excluding tert-OH is 1. The third kappa shape index (κ3) is 10.1. The molecule has 48 heavy (non-hydrogen) atoms. The van der Waals surface area contributed by atoms with Crippen molar-refractivity contribution in [3.8, 4) is 11.1 Å². The Kier molecular flexibility index (Phi) is 12.1. The summed E-state index contributed by atoms with van der Waals surface area (Å²) in [6.07, 6.45) is -0.827. The van der Waals surface area contributed by atoms with Crippen molar-refractivity contribution >= 4 is 45.2 Å². The molecule has 0 aliphatic carbocycles. The zero-order chi connectivity index (χ0) is 35.1. The van der Waals surface area contributed by atoms with Gasteiger partial charge >= 0.3 is 0 Å². The summed E-state index contributed by atoms with van der Waals surface area (Å²) in [5, 5.41) is 19.6. The van der Waals surface area contributed by atoms with Crippen LogP contribution in [0.3, 0.4) is 0 Å². The fraction of sp³-hybridized carbons (Fsp3) is 0.371. The van der Waals surface area contributed by atoms with E-state index in [1.807, 2.05) is 51.1 Å². The highest BCUT2D eigenvalue weighted by Crippen LogP contribution is 2.25. The zero-order valence-corrected chi connectivity index (χ0v) is 29.0. The Bertz CT molecular complexity index is 1710. The molecule has 1 saturated heterocycles. The van der Waals surface area contributed by atoms with E-state index < -0.39 is 63.1 Å². The Morgan fingerprint density at radius 1 is 0.917 bits per heavy atom. The molecule has 3 aromatic carbocycles. The standard InChI is InChI=1S/C35H42N4O7S2/c1-35(2,3)38-33(43)29-20-47-22-39(29)34(44)30(40)27(19-23-13-7-5-8-14-23)36-32(42)28(21-48(4,45)46)37-31(41)26-18-12-11-17-25(26)24-15-9-6-10-16-24/h5-18,27-30,40H,19-22H2,1-4H3,(H,36,42)(H,37,41)(H,38,43)/t27-,28-,29-,30-/m0/s1. The third-order valence-corrected chi connectivity index (χ3v) is 9.53. The second kappa shape index (κ2) is 15.8. The molecule has 0 unspecified atom stereocenters. The van der Waals surface area contributed by atoms with Gasteiger partial charge in [0.25, 0.3) is 11.8 Å². The molecule has 4 atom stereocenters. The molecule has 4 N–H and O–H groups in total. The van der Waals surface area contributed by atoms with Gasteiger partial charge in [-0.1, -0.05) is 78.9 Å². The normalized spacial score (nSPS) is 16.8. The number of hydrogen-bond acceptors (Lipinski definition) is 8. The first-order valence-electron chi connectivity index (χ1n) is 15.5. The van der Waals surface area contributed by atoms with E-state index in [1.54, 1.807) is 54.6 Å². The van der Waals surface area contributed by atoms with Crippen LogP contribution in [0.4, 0.5) is 0 Å². The fourth-order valence-electron chi connectivity index (χ4n) is 5.34. The molecule has 4 rings (SSSR count). The molecule has 0 aromatic heterocycles. The van der Waals surface area contributed by atoms with Crippen LogP contribution < -0.4 is 16.0 Å². The van der Waals surface area contributed by atoms with E-state index in [-0.39, 0.29) is 23.8 Å². The van der Waals surface area contributed by atoms with Crippen LogP contribution in [0.5, 0.6) is 0 Å². The lowest BCUT2D eigenvalue weighted by Crippen LogP contribution is -2.60. The number of benzene rings is 3. The van der Waals surface area contributed by atoms with Gasteiger partial charge in [0.2, 0.25) is 11.8 Å². The maximum atomic E-state index is 13.8. The Hall–Kier alpha value is -4.20. The highest BCUT2D eigenvalue weighted by atomic mass is 32.2. The molecule has 0 saturated carbocycles. The molecule has 256 valence electrons. The summed E-state index contributed by atoms with van der Waals surface area (Å²) in [6.45, 7) is 5.47. The van der Waals surface area contributed by atoms with Crippen molar-refractivity contribution in [3.05, 3.63) is 96.1 Å². The van der Waals surface area contributed by atoms with E-state index in [1.165, 1.54) is 16.7 Å². The van der Waals surface area contributed by atoms with Crippen molar-refractivity contribution < 1.29 is 32.7 Å². The average Bonchev–Trinajstić information content (AvgIpc) is 3.53. The molecule has 13 heteroatoms. The number of amides is 4. The van der Waals surface area contributed by atoms with Gasteiger partial charge in [-0.05, 0) is 49.9 Å². The van der Waals surface area contributed by atoms with Crippen LogP contribution in [0.25, 0.3) is 11.1 Å². The highest BCUT2D eigenvalue weighted by Gasteiger charge is 2.41. The molecular formula is C35H42N4O7S2. The molecule has 11 nitrogen and oxygen atoms in total. The lowest BCUT2D eigenvalue weighted by atomic mass is 9.98. The lowest BCUT2D eigenvalue weighted by Gasteiger charge is -2.32. The van der Waals surface area contributed by atoms with E-state index in [9.17, 15) is 32.7 Å². The van der Waals surface area contributed by atoms with Crippen LogP contribution >= 0.6 is 11.8 Å². The van der Waals surface area contributed by atoms with Crippen LogP contribution in [-0.2, 0) is 30.6 Å². The van der Waals surface area contributed by atoms with E-state index in [0.717, 1.165) is 11.8 Å². The quantitative estimate of drug-likeness (QED) is 0.225. The minimum atomic E-state index is -3.80. The summed E-state index contributed by atoms with van der Waals surface area (Å²) in [4.78, 5) is 55.5. The van der Waals surface area contributed by atoms with Crippen molar-refractivity contribution in [1.29, 1.82) is 0 Å².